The molecule has 1 saturated heterocycles. The van der Waals surface area contributed by atoms with E-state index in [1.54, 1.807) is 0 Å². The van der Waals surface area contributed by atoms with Crippen LogP contribution in [0.15, 0.2) is 30.5 Å². The molecule has 5 heteroatoms. The fourth-order valence-corrected chi connectivity index (χ4v) is 3.94. The number of carboxylic acid groups (broad SMARTS) is 1. The Kier molecular flexibility index (Phi) is 5.16. The first-order chi connectivity index (χ1) is 11.9. The lowest BCUT2D eigenvalue weighted by Crippen LogP contribution is -2.55. The second kappa shape index (κ2) is 7.18. The SMILES string of the molecule is CC(C)CC[C@@]1(C(=O)O)CN(Cc2cccc3[nH]ccc23)CC[C@H]1O. The molecule has 2 atom stereocenters. The highest BCUT2D eigenvalue weighted by atomic mass is 16.4. The van der Waals surface area contributed by atoms with Gasteiger partial charge in [-0.25, -0.2) is 0 Å². The molecule has 0 saturated carbocycles. The highest BCUT2D eigenvalue weighted by Gasteiger charge is 2.48. The highest BCUT2D eigenvalue weighted by Crippen LogP contribution is 2.37. The molecule has 2 heterocycles. The number of piperidine rings is 1. The van der Waals surface area contributed by atoms with E-state index in [0.717, 1.165) is 18.5 Å². The van der Waals surface area contributed by atoms with Gasteiger partial charge in [0.15, 0.2) is 0 Å². The lowest BCUT2D eigenvalue weighted by atomic mass is 9.72. The summed E-state index contributed by atoms with van der Waals surface area (Å²) in [5.41, 5.74) is 1.23. The quantitative estimate of drug-likeness (QED) is 0.752. The third-order valence-corrected chi connectivity index (χ3v) is 5.54. The van der Waals surface area contributed by atoms with E-state index in [1.807, 2.05) is 18.3 Å². The van der Waals surface area contributed by atoms with E-state index in [4.69, 9.17) is 0 Å². The minimum Gasteiger partial charge on any atom is -0.481 e. The van der Waals surface area contributed by atoms with Gasteiger partial charge in [-0.1, -0.05) is 26.0 Å². The van der Waals surface area contributed by atoms with Gasteiger partial charge in [-0.05, 0) is 42.9 Å². The molecule has 0 bridgehead atoms. The molecule has 1 aliphatic rings. The summed E-state index contributed by atoms with van der Waals surface area (Å²) in [4.78, 5) is 17.5. The number of fused-ring (bicyclic) bond motifs is 1. The lowest BCUT2D eigenvalue weighted by Gasteiger charge is -2.43. The van der Waals surface area contributed by atoms with E-state index in [2.05, 4.69) is 35.9 Å². The van der Waals surface area contributed by atoms with Crippen LogP contribution in [0.4, 0.5) is 0 Å². The van der Waals surface area contributed by atoms with Crippen molar-refractivity contribution in [1.82, 2.24) is 9.88 Å². The smallest absolute Gasteiger partial charge is 0.313 e. The second-order valence-electron chi connectivity index (χ2n) is 7.76. The van der Waals surface area contributed by atoms with Gasteiger partial charge in [0, 0.05) is 36.7 Å². The van der Waals surface area contributed by atoms with Crippen LogP contribution in [-0.4, -0.2) is 45.3 Å². The fourth-order valence-electron chi connectivity index (χ4n) is 3.94. The number of carbonyl (C=O) groups is 1. The largest absolute Gasteiger partial charge is 0.481 e. The third-order valence-electron chi connectivity index (χ3n) is 5.54. The molecule has 25 heavy (non-hydrogen) atoms. The first-order valence-corrected chi connectivity index (χ1v) is 9.11. The first-order valence-electron chi connectivity index (χ1n) is 9.11. The Bertz CT molecular complexity index is 739. The summed E-state index contributed by atoms with van der Waals surface area (Å²) in [6.07, 6.45) is 2.99. The normalized spacial score (nSPS) is 24.9. The minimum atomic E-state index is -1.06. The Hall–Kier alpha value is -1.85. The number of hydrogen-bond acceptors (Lipinski definition) is 3. The molecule has 0 unspecified atom stereocenters. The van der Waals surface area contributed by atoms with Crippen molar-refractivity contribution in [2.24, 2.45) is 11.3 Å². The summed E-state index contributed by atoms with van der Waals surface area (Å²) in [5, 5.41) is 21.6. The molecule has 1 aromatic carbocycles. The summed E-state index contributed by atoms with van der Waals surface area (Å²) in [6, 6.07) is 8.23. The summed E-state index contributed by atoms with van der Waals surface area (Å²) in [7, 11) is 0. The number of rotatable bonds is 6. The van der Waals surface area contributed by atoms with Crippen LogP contribution in [0.2, 0.25) is 0 Å². The summed E-state index contributed by atoms with van der Waals surface area (Å²) in [5.74, 6) is -0.447. The zero-order valence-electron chi connectivity index (χ0n) is 15.0. The van der Waals surface area contributed by atoms with Crippen molar-refractivity contribution >= 4 is 16.9 Å². The molecule has 5 nitrogen and oxygen atoms in total. The molecule has 1 fully saturated rings. The van der Waals surface area contributed by atoms with Gasteiger partial charge in [-0.15, -0.1) is 0 Å². The zero-order valence-corrected chi connectivity index (χ0v) is 15.0. The van der Waals surface area contributed by atoms with Crippen molar-refractivity contribution < 1.29 is 15.0 Å². The summed E-state index contributed by atoms with van der Waals surface area (Å²) >= 11 is 0. The maximum Gasteiger partial charge on any atom is 0.313 e. The maximum atomic E-state index is 12.1. The average Bonchev–Trinajstić information content (AvgIpc) is 3.05. The Morgan fingerprint density at radius 2 is 2.20 bits per heavy atom. The number of aromatic nitrogens is 1. The highest BCUT2D eigenvalue weighted by molar-refractivity contribution is 5.82. The maximum absolute atomic E-state index is 12.1. The first kappa shape index (κ1) is 18.0. The number of H-pyrrole nitrogens is 1. The van der Waals surface area contributed by atoms with Gasteiger partial charge in [0.2, 0.25) is 0 Å². The van der Waals surface area contributed by atoms with E-state index in [1.165, 1.54) is 10.9 Å². The monoisotopic (exact) mass is 344 g/mol. The number of nitrogens with zero attached hydrogens (tertiary/aromatic N) is 1. The number of aliphatic hydroxyl groups excluding tert-OH is 1. The van der Waals surface area contributed by atoms with Crippen molar-refractivity contribution in [2.45, 2.75) is 45.8 Å². The van der Waals surface area contributed by atoms with E-state index < -0.39 is 17.5 Å². The van der Waals surface area contributed by atoms with Gasteiger partial charge in [0.25, 0.3) is 0 Å². The van der Waals surface area contributed by atoms with Crippen molar-refractivity contribution in [2.75, 3.05) is 13.1 Å². The van der Waals surface area contributed by atoms with Crippen molar-refractivity contribution in [3.8, 4) is 0 Å². The summed E-state index contributed by atoms with van der Waals surface area (Å²) < 4.78 is 0. The van der Waals surface area contributed by atoms with Gasteiger partial charge >= 0.3 is 5.97 Å². The number of hydrogen-bond donors (Lipinski definition) is 3. The molecule has 1 aliphatic heterocycles. The Morgan fingerprint density at radius 1 is 1.40 bits per heavy atom. The van der Waals surface area contributed by atoms with Crippen LogP contribution in [0.3, 0.4) is 0 Å². The zero-order chi connectivity index (χ0) is 18.0. The van der Waals surface area contributed by atoms with Gasteiger partial charge in [0.1, 0.15) is 5.41 Å². The van der Waals surface area contributed by atoms with Crippen molar-refractivity contribution in [3.63, 3.8) is 0 Å². The van der Waals surface area contributed by atoms with Gasteiger partial charge in [-0.3, -0.25) is 9.69 Å². The molecule has 0 radical (unpaired) electrons. The molecule has 3 rings (SSSR count). The molecular weight excluding hydrogens is 316 g/mol. The Labute approximate surface area is 148 Å². The molecule has 3 N–H and O–H groups in total. The van der Waals surface area contributed by atoms with Gasteiger partial charge in [0.05, 0.1) is 6.10 Å². The van der Waals surface area contributed by atoms with E-state index in [-0.39, 0.29) is 0 Å². The molecule has 1 aromatic heterocycles. The van der Waals surface area contributed by atoms with Crippen LogP contribution in [0.1, 0.15) is 38.7 Å². The fraction of sp³-hybridized carbons (Fsp3) is 0.550. The minimum absolute atomic E-state index is 0.400. The Morgan fingerprint density at radius 3 is 2.92 bits per heavy atom. The van der Waals surface area contributed by atoms with Gasteiger partial charge < -0.3 is 15.2 Å². The molecule has 0 aliphatic carbocycles. The molecule has 0 amide bonds. The predicted molar refractivity (Wildman–Crippen MR) is 98.3 cm³/mol. The lowest BCUT2D eigenvalue weighted by molar-refractivity contribution is -0.165. The second-order valence-corrected chi connectivity index (χ2v) is 7.76. The summed E-state index contributed by atoms with van der Waals surface area (Å²) in [6.45, 7) is 6.01. The predicted octanol–water partition coefficient (Wildman–Crippen LogP) is 3.24. The van der Waals surface area contributed by atoms with Crippen LogP contribution in [0, 0.1) is 11.3 Å². The van der Waals surface area contributed by atoms with Crippen LogP contribution in [0.5, 0.6) is 0 Å². The van der Waals surface area contributed by atoms with E-state index in [0.29, 0.717) is 31.8 Å². The topological polar surface area (TPSA) is 76.6 Å². The van der Waals surface area contributed by atoms with Crippen LogP contribution < -0.4 is 0 Å². The van der Waals surface area contributed by atoms with E-state index >= 15 is 0 Å². The van der Waals surface area contributed by atoms with Gasteiger partial charge in [-0.2, -0.15) is 0 Å². The molecule has 136 valence electrons. The van der Waals surface area contributed by atoms with Crippen molar-refractivity contribution in [1.29, 1.82) is 0 Å². The number of aliphatic hydroxyl groups is 1. The number of nitrogens with one attached hydrogen (secondary N) is 1. The molecule has 0 spiro atoms. The molecular formula is C20H28N2O3. The third kappa shape index (κ3) is 3.58. The number of aromatic amines is 1. The molecule has 2 aromatic rings. The van der Waals surface area contributed by atoms with E-state index in [9.17, 15) is 15.0 Å². The Balaban J connectivity index is 1.81. The standard InChI is InChI=1S/C20H28N2O3/c1-14(2)6-9-20(19(24)25)13-22(11-8-18(20)23)12-15-4-3-5-17-16(15)7-10-21-17/h3-5,7,10,14,18,21,23H,6,8-9,11-13H2,1-2H3,(H,24,25)/t18-,20-/m1/s1. The van der Waals surface area contributed by atoms with Crippen LogP contribution in [-0.2, 0) is 11.3 Å². The number of likely N-dealkylation sites (tertiary alicyclic amines) is 1. The van der Waals surface area contributed by atoms with Crippen LogP contribution in [0.25, 0.3) is 10.9 Å². The number of benzene rings is 1. The number of aliphatic carboxylic acids is 1. The number of carboxylic acids is 1. The van der Waals surface area contributed by atoms with Crippen LogP contribution >= 0.6 is 0 Å². The van der Waals surface area contributed by atoms with Crippen molar-refractivity contribution in [3.05, 3.63) is 36.0 Å². The average molecular weight is 344 g/mol.